The Balaban J connectivity index is 3.34. The molecule has 0 atom stereocenters. The topological polar surface area (TPSA) is 15.8 Å². The third-order valence-electron chi connectivity index (χ3n) is 0.827. The molecule has 0 aliphatic carbocycles. The summed E-state index contributed by atoms with van der Waals surface area (Å²) in [7, 11) is 0. The van der Waals surface area contributed by atoms with Crippen molar-refractivity contribution in [1.29, 1.82) is 0 Å². The minimum absolute atomic E-state index is 0.727. The third kappa shape index (κ3) is 1.88. The first-order valence-corrected chi connectivity index (χ1v) is 4.23. The Kier molecular flexibility index (Phi) is 2.43. The Morgan fingerprint density at radius 1 is 1.33 bits per heavy atom. The largest absolute Gasteiger partial charge is 0.352 e. The van der Waals surface area contributed by atoms with Crippen LogP contribution in [0.2, 0.25) is 0 Å². The first-order valence-electron chi connectivity index (χ1n) is 2.24. The van der Waals surface area contributed by atoms with E-state index >= 15 is 0 Å². The molecule has 0 bridgehead atoms. The van der Waals surface area contributed by atoms with Gasteiger partial charge < -0.3 is 4.98 Å². The van der Waals surface area contributed by atoms with Crippen LogP contribution in [0, 0.1) is 4.64 Å². The molecule has 0 unspecified atom stereocenters. The van der Waals surface area contributed by atoms with Crippen LogP contribution in [-0.4, -0.2) is 4.98 Å². The number of pyridine rings is 1. The van der Waals surface area contributed by atoms with Crippen molar-refractivity contribution in [3.63, 3.8) is 0 Å². The Labute approximate surface area is 74.7 Å². The summed E-state index contributed by atoms with van der Waals surface area (Å²) in [6.07, 6.45) is 1.80. The Morgan fingerprint density at radius 2 is 2.00 bits per heavy atom. The van der Waals surface area contributed by atoms with Crippen LogP contribution in [0.4, 0.5) is 0 Å². The minimum Gasteiger partial charge on any atom is -0.352 e. The maximum atomic E-state index is 4.85. The number of aromatic nitrogens is 1. The molecule has 9 heavy (non-hydrogen) atoms. The lowest BCUT2D eigenvalue weighted by atomic mass is 10.5. The highest BCUT2D eigenvalue weighted by atomic mass is 79.9. The molecule has 1 N–H and O–H groups in total. The Hall–Kier alpha value is 0.330. The van der Waals surface area contributed by atoms with E-state index in [0.29, 0.717) is 0 Å². The van der Waals surface area contributed by atoms with E-state index < -0.39 is 0 Å². The van der Waals surface area contributed by atoms with Crippen molar-refractivity contribution in [1.82, 2.24) is 4.98 Å². The zero-order valence-electron chi connectivity index (χ0n) is 4.32. The quantitative estimate of drug-likeness (QED) is 0.714. The van der Waals surface area contributed by atoms with E-state index in [4.69, 9.17) is 12.2 Å². The molecule has 0 radical (unpaired) electrons. The van der Waals surface area contributed by atoms with Gasteiger partial charge in [-0.2, -0.15) is 0 Å². The molecule has 0 amide bonds. The SMILES string of the molecule is S=c1cc(Br)c(Br)c[nH]1. The molecule has 0 fully saturated rings. The third-order valence-corrected chi connectivity index (χ3v) is 2.91. The Bertz CT molecular complexity index is 268. The van der Waals surface area contributed by atoms with Gasteiger partial charge in [0.1, 0.15) is 4.64 Å². The number of halogens is 2. The van der Waals surface area contributed by atoms with Gasteiger partial charge in [0.15, 0.2) is 0 Å². The van der Waals surface area contributed by atoms with E-state index in [2.05, 4.69) is 36.8 Å². The lowest BCUT2D eigenvalue weighted by Gasteiger charge is -1.91. The summed E-state index contributed by atoms with van der Waals surface area (Å²) in [5.74, 6) is 0. The smallest absolute Gasteiger partial charge is 0.104 e. The molecule has 48 valence electrons. The van der Waals surface area contributed by atoms with E-state index in [1.54, 1.807) is 6.20 Å². The molecule has 1 aromatic heterocycles. The second kappa shape index (κ2) is 2.94. The van der Waals surface area contributed by atoms with Crippen molar-refractivity contribution in [3.8, 4) is 0 Å². The highest BCUT2D eigenvalue weighted by Crippen LogP contribution is 2.20. The first-order chi connectivity index (χ1) is 4.20. The van der Waals surface area contributed by atoms with Crippen LogP contribution in [0.25, 0.3) is 0 Å². The molecule has 1 aromatic rings. The summed E-state index contributed by atoms with van der Waals surface area (Å²) >= 11 is 11.5. The van der Waals surface area contributed by atoms with Gasteiger partial charge in [-0.05, 0) is 37.9 Å². The van der Waals surface area contributed by atoms with Crippen LogP contribution in [0.1, 0.15) is 0 Å². The zero-order valence-corrected chi connectivity index (χ0v) is 8.31. The molecule has 0 spiro atoms. The molecular formula is C5H3Br2NS. The monoisotopic (exact) mass is 267 g/mol. The fraction of sp³-hybridized carbons (Fsp3) is 0. The highest BCUT2D eigenvalue weighted by molar-refractivity contribution is 9.13. The molecule has 1 heterocycles. The van der Waals surface area contributed by atoms with Crippen molar-refractivity contribution in [2.45, 2.75) is 0 Å². The molecule has 4 heteroatoms. The van der Waals surface area contributed by atoms with E-state index in [1.165, 1.54) is 0 Å². The summed E-state index contributed by atoms with van der Waals surface area (Å²) in [6.45, 7) is 0. The fourth-order valence-electron chi connectivity index (χ4n) is 0.429. The van der Waals surface area contributed by atoms with Gasteiger partial charge in [-0.3, -0.25) is 0 Å². The van der Waals surface area contributed by atoms with Gasteiger partial charge in [-0.15, -0.1) is 0 Å². The standard InChI is InChI=1S/C5H3Br2NS/c6-3-1-5(9)8-2-4(3)7/h1-2H,(H,8,9). The van der Waals surface area contributed by atoms with Gasteiger partial charge in [0.2, 0.25) is 0 Å². The van der Waals surface area contributed by atoms with Crippen molar-refractivity contribution in [2.75, 3.05) is 0 Å². The van der Waals surface area contributed by atoms with E-state index in [0.717, 1.165) is 13.6 Å². The van der Waals surface area contributed by atoms with Crippen LogP contribution in [-0.2, 0) is 0 Å². The zero-order chi connectivity index (χ0) is 6.85. The van der Waals surface area contributed by atoms with Crippen molar-refractivity contribution < 1.29 is 0 Å². The number of hydrogen-bond acceptors (Lipinski definition) is 1. The fourth-order valence-corrected chi connectivity index (χ4v) is 1.33. The van der Waals surface area contributed by atoms with Gasteiger partial charge in [0.05, 0.1) is 0 Å². The predicted molar refractivity (Wildman–Crippen MR) is 47.0 cm³/mol. The van der Waals surface area contributed by atoms with Crippen LogP contribution in [0.5, 0.6) is 0 Å². The van der Waals surface area contributed by atoms with Crippen LogP contribution < -0.4 is 0 Å². The summed E-state index contributed by atoms with van der Waals surface area (Å²) in [4.78, 5) is 2.88. The van der Waals surface area contributed by atoms with Gasteiger partial charge >= 0.3 is 0 Å². The summed E-state index contributed by atoms with van der Waals surface area (Å²) in [6, 6.07) is 1.83. The number of nitrogens with one attached hydrogen (secondary N) is 1. The maximum absolute atomic E-state index is 4.85. The number of rotatable bonds is 0. The second-order valence-corrected chi connectivity index (χ2v) is 3.64. The van der Waals surface area contributed by atoms with E-state index in [-0.39, 0.29) is 0 Å². The number of hydrogen-bond donors (Lipinski definition) is 1. The molecule has 0 aliphatic heterocycles. The second-order valence-electron chi connectivity index (χ2n) is 1.49. The van der Waals surface area contributed by atoms with Crippen LogP contribution >= 0.6 is 44.1 Å². The lowest BCUT2D eigenvalue weighted by molar-refractivity contribution is 1.27. The van der Waals surface area contributed by atoms with Crippen LogP contribution in [0.3, 0.4) is 0 Å². The molecule has 0 aliphatic rings. The van der Waals surface area contributed by atoms with Crippen LogP contribution in [0.15, 0.2) is 21.2 Å². The minimum atomic E-state index is 0.727. The molecule has 1 nitrogen and oxygen atoms in total. The van der Waals surface area contributed by atoms with Crippen molar-refractivity contribution >= 4 is 44.1 Å². The highest BCUT2D eigenvalue weighted by Gasteiger charge is 1.91. The van der Waals surface area contributed by atoms with Gasteiger partial charge in [-0.25, -0.2) is 0 Å². The lowest BCUT2D eigenvalue weighted by Crippen LogP contribution is -1.73. The predicted octanol–water partition coefficient (Wildman–Crippen LogP) is 3.27. The summed E-state index contributed by atoms with van der Waals surface area (Å²) < 4.78 is 2.69. The first kappa shape index (κ1) is 7.44. The maximum Gasteiger partial charge on any atom is 0.104 e. The van der Waals surface area contributed by atoms with Gasteiger partial charge in [0, 0.05) is 15.1 Å². The molecular weight excluding hydrogens is 266 g/mol. The van der Waals surface area contributed by atoms with E-state index in [9.17, 15) is 0 Å². The molecule has 0 saturated heterocycles. The normalized spacial score (nSPS) is 9.56. The Morgan fingerprint density at radius 3 is 2.44 bits per heavy atom. The summed E-state index contributed by atoms with van der Waals surface area (Å²) in [5, 5.41) is 0. The van der Waals surface area contributed by atoms with E-state index in [1.807, 2.05) is 6.07 Å². The summed E-state index contributed by atoms with van der Waals surface area (Å²) in [5.41, 5.74) is 0. The molecule has 0 aromatic carbocycles. The van der Waals surface area contributed by atoms with Crippen molar-refractivity contribution in [2.24, 2.45) is 0 Å². The molecule has 0 saturated carbocycles. The van der Waals surface area contributed by atoms with Crippen molar-refractivity contribution in [3.05, 3.63) is 25.8 Å². The average molecular weight is 269 g/mol. The average Bonchev–Trinajstić information content (AvgIpc) is 1.80. The number of aromatic amines is 1. The number of H-pyrrole nitrogens is 1. The van der Waals surface area contributed by atoms with Gasteiger partial charge in [0.25, 0.3) is 0 Å². The van der Waals surface area contributed by atoms with Gasteiger partial charge in [-0.1, -0.05) is 12.2 Å². The molecule has 1 rings (SSSR count).